The van der Waals surface area contributed by atoms with Crippen LogP contribution in [0.2, 0.25) is 0 Å². The quantitative estimate of drug-likeness (QED) is 0.861. The minimum Gasteiger partial charge on any atom is -0.377 e. The zero-order valence-electron chi connectivity index (χ0n) is 13.7. The number of carbonyl (C=O) groups is 1. The lowest BCUT2D eigenvalue weighted by Gasteiger charge is -2.33. The molecule has 3 rings (SSSR count). The summed E-state index contributed by atoms with van der Waals surface area (Å²) in [5.74, 6) is -1.82. The number of carbonyl (C=O) groups excluding carboxylic acids is 1. The van der Waals surface area contributed by atoms with Crippen LogP contribution in [-0.4, -0.2) is 37.3 Å². The lowest BCUT2D eigenvalue weighted by atomic mass is 9.86. The Bertz CT molecular complexity index is 750. The van der Waals surface area contributed by atoms with Crippen molar-refractivity contribution in [3.8, 4) is 0 Å². The Morgan fingerprint density at radius 3 is 3.00 bits per heavy atom. The molecule has 1 saturated heterocycles. The zero-order valence-corrected chi connectivity index (χ0v) is 13.7. The first-order valence-corrected chi connectivity index (χ1v) is 7.99. The Balaban J connectivity index is 1.73. The van der Waals surface area contributed by atoms with Crippen molar-refractivity contribution in [3.05, 3.63) is 52.9 Å². The number of ether oxygens (including phenoxy) is 1. The first-order chi connectivity index (χ1) is 12.1. The predicted octanol–water partition coefficient (Wildman–Crippen LogP) is 1.97. The van der Waals surface area contributed by atoms with E-state index in [2.05, 4.69) is 15.8 Å². The van der Waals surface area contributed by atoms with Crippen LogP contribution in [0.1, 0.15) is 34.2 Å². The van der Waals surface area contributed by atoms with Crippen LogP contribution in [0.3, 0.4) is 0 Å². The highest BCUT2D eigenvalue weighted by Crippen LogP contribution is 2.27. The highest BCUT2D eigenvalue weighted by molar-refractivity contribution is 5.92. The third-order valence-corrected chi connectivity index (χ3v) is 4.25. The van der Waals surface area contributed by atoms with Crippen molar-refractivity contribution >= 4 is 5.91 Å². The fourth-order valence-corrected chi connectivity index (χ4v) is 3.02. The van der Waals surface area contributed by atoms with E-state index >= 15 is 0 Å². The Morgan fingerprint density at radius 1 is 1.40 bits per heavy atom. The van der Waals surface area contributed by atoms with Gasteiger partial charge in [-0.05, 0) is 30.7 Å². The van der Waals surface area contributed by atoms with Gasteiger partial charge in [-0.25, -0.2) is 8.78 Å². The smallest absolute Gasteiger partial charge is 0.273 e. The van der Waals surface area contributed by atoms with Crippen LogP contribution in [0.4, 0.5) is 8.78 Å². The Hall–Kier alpha value is -2.32. The van der Waals surface area contributed by atoms with E-state index in [1.807, 2.05) is 0 Å². The van der Waals surface area contributed by atoms with Gasteiger partial charge in [0, 0.05) is 31.7 Å². The highest BCUT2D eigenvalue weighted by atomic mass is 19.2. The molecule has 0 aliphatic carbocycles. The molecular weight excluding hydrogens is 332 g/mol. The minimum absolute atomic E-state index is 0.120. The summed E-state index contributed by atoms with van der Waals surface area (Å²) in [5, 5.41) is 9.82. The molecule has 0 saturated carbocycles. The van der Waals surface area contributed by atoms with Gasteiger partial charge in [0.2, 0.25) is 0 Å². The fourth-order valence-electron chi connectivity index (χ4n) is 3.02. The molecule has 2 heterocycles. The second-order valence-corrected chi connectivity index (χ2v) is 5.96. The number of aromatic nitrogens is 1. The van der Waals surface area contributed by atoms with Gasteiger partial charge in [-0.15, -0.1) is 0 Å². The average Bonchev–Trinajstić information content (AvgIpc) is 3.07. The van der Waals surface area contributed by atoms with Gasteiger partial charge in [-0.3, -0.25) is 4.79 Å². The molecule has 134 valence electrons. The van der Waals surface area contributed by atoms with E-state index < -0.39 is 11.6 Å². The molecular formula is C17H19F2N3O3. The van der Waals surface area contributed by atoms with Crippen LogP contribution in [-0.2, 0) is 11.3 Å². The summed E-state index contributed by atoms with van der Waals surface area (Å²) in [6.07, 6.45) is 0.698. The van der Waals surface area contributed by atoms with Gasteiger partial charge in [-0.2, -0.15) is 0 Å². The molecule has 2 aromatic rings. The molecule has 8 heteroatoms. The van der Waals surface area contributed by atoms with Crippen molar-refractivity contribution < 1.29 is 22.8 Å². The molecule has 0 bridgehead atoms. The molecule has 2 unspecified atom stereocenters. The van der Waals surface area contributed by atoms with Crippen LogP contribution in [0, 0.1) is 11.6 Å². The summed E-state index contributed by atoms with van der Waals surface area (Å²) < 4.78 is 36.7. The molecule has 2 N–H and O–H groups in total. The van der Waals surface area contributed by atoms with Gasteiger partial charge in [0.1, 0.15) is 6.61 Å². The van der Waals surface area contributed by atoms with Crippen LogP contribution in [0.25, 0.3) is 0 Å². The molecule has 6 nitrogen and oxygen atoms in total. The van der Waals surface area contributed by atoms with Crippen molar-refractivity contribution in [1.29, 1.82) is 0 Å². The van der Waals surface area contributed by atoms with Gasteiger partial charge < -0.3 is 19.9 Å². The maximum absolute atomic E-state index is 13.6. The first kappa shape index (κ1) is 17.5. The maximum Gasteiger partial charge on any atom is 0.273 e. The standard InChI is InChI=1S/C17H19F2N3O3/c1-24-9-11-7-15(22-25-11)17(23)21-16-8-20-5-4-12(16)10-2-3-13(18)14(19)6-10/h2-3,6-7,12,16,20H,4-5,8-9H2,1H3,(H,21,23). The van der Waals surface area contributed by atoms with Gasteiger partial charge in [0.25, 0.3) is 5.91 Å². The van der Waals surface area contributed by atoms with Crippen molar-refractivity contribution in [3.63, 3.8) is 0 Å². The molecule has 0 radical (unpaired) electrons. The van der Waals surface area contributed by atoms with E-state index in [1.54, 1.807) is 6.07 Å². The first-order valence-electron chi connectivity index (χ1n) is 7.99. The molecule has 0 spiro atoms. The van der Waals surface area contributed by atoms with Gasteiger partial charge in [0.15, 0.2) is 23.1 Å². The summed E-state index contributed by atoms with van der Waals surface area (Å²) in [6.45, 7) is 1.49. The van der Waals surface area contributed by atoms with Crippen molar-refractivity contribution in [2.24, 2.45) is 0 Å². The van der Waals surface area contributed by atoms with E-state index in [0.29, 0.717) is 24.3 Å². The van der Waals surface area contributed by atoms with E-state index in [9.17, 15) is 13.6 Å². The van der Waals surface area contributed by atoms with Crippen molar-refractivity contribution in [2.45, 2.75) is 25.0 Å². The topological polar surface area (TPSA) is 76.4 Å². The van der Waals surface area contributed by atoms with Crippen LogP contribution in [0.5, 0.6) is 0 Å². The highest BCUT2D eigenvalue weighted by Gasteiger charge is 2.29. The fraction of sp³-hybridized carbons (Fsp3) is 0.412. The van der Waals surface area contributed by atoms with Gasteiger partial charge >= 0.3 is 0 Å². The van der Waals surface area contributed by atoms with Gasteiger partial charge in [-0.1, -0.05) is 11.2 Å². The molecule has 1 amide bonds. The van der Waals surface area contributed by atoms with E-state index in [4.69, 9.17) is 9.26 Å². The molecule has 1 aromatic heterocycles. The molecule has 25 heavy (non-hydrogen) atoms. The number of piperidine rings is 1. The van der Waals surface area contributed by atoms with Crippen LogP contribution < -0.4 is 10.6 Å². The van der Waals surface area contributed by atoms with E-state index in [-0.39, 0.29) is 30.2 Å². The molecule has 1 aromatic carbocycles. The number of hydrogen-bond acceptors (Lipinski definition) is 5. The van der Waals surface area contributed by atoms with E-state index in [1.165, 1.54) is 19.2 Å². The van der Waals surface area contributed by atoms with Crippen LogP contribution in [0.15, 0.2) is 28.8 Å². The molecule has 2 atom stereocenters. The number of halogens is 2. The molecule has 1 aliphatic heterocycles. The summed E-state index contributed by atoms with van der Waals surface area (Å²) in [4.78, 5) is 12.4. The third-order valence-electron chi connectivity index (χ3n) is 4.25. The number of nitrogens with zero attached hydrogens (tertiary/aromatic N) is 1. The molecule has 1 aliphatic rings. The summed E-state index contributed by atoms with van der Waals surface area (Å²) >= 11 is 0. The number of rotatable bonds is 5. The van der Waals surface area contributed by atoms with Crippen molar-refractivity contribution in [1.82, 2.24) is 15.8 Å². The monoisotopic (exact) mass is 351 g/mol. The largest absolute Gasteiger partial charge is 0.377 e. The summed E-state index contributed by atoms with van der Waals surface area (Å²) in [7, 11) is 1.52. The number of amides is 1. The predicted molar refractivity (Wildman–Crippen MR) is 85.1 cm³/mol. The number of methoxy groups -OCH3 is 1. The molecule has 1 fully saturated rings. The van der Waals surface area contributed by atoms with Crippen LogP contribution >= 0.6 is 0 Å². The van der Waals surface area contributed by atoms with E-state index in [0.717, 1.165) is 12.6 Å². The third kappa shape index (κ3) is 4.02. The SMILES string of the molecule is COCc1cc(C(=O)NC2CNCCC2c2ccc(F)c(F)c2)no1. The Kier molecular flexibility index (Phi) is 5.40. The number of hydrogen-bond donors (Lipinski definition) is 2. The maximum atomic E-state index is 13.6. The lowest BCUT2D eigenvalue weighted by molar-refractivity contribution is 0.0914. The average molecular weight is 351 g/mol. The normalized spacial score (nSPS) is 20.4. The van der Waals surface area contributed by atoms with Crippen molar-refractivity contribution in [2.75, 3.05) is 20.2 Å². The summed E-state index contributed by atoms with van der Waals surface area (Å²) in [6, 6.07) is 5.10. The lowest BCUT2D eigenvalue weighted by Crippen LogP contribution is -2.50. The number of nitrogens with one attached hydrogen (secondary N) is 2. The summed E-state index contributed by atoms with van der Waals surface area (Å²) in [5.41, 5.74) is 0.813. The second kappa shape index (κ2) is 7.71. The zero-order chi connectivity index (χ0) is 17.8. The second-order valence-electron chi connectivity index (χ2n) is 5.96. The Labute approximate surface area is 143 Å². The Morgan fingerprint density at radius 2 is 2.24 bits per heavy atom. The minimum atomic E-state index is -0.887. The number of benzene rings is 1. The van der Waals surface area contributed by atoms with Gasteiger partial charge in [0.05, 0.1) is 0 Å².